The Balaban J connectivity index is 1.91. The lowest BCUT2D eigenvalue weighted by molar-refractivity contribution is 0.102. The molecular weight excluding hydrogens is 284 g/mol. The molecule has 2 aromatic heterocycles. The van der Waals surface area contributed by atoms with Gasteiger partial charge in [-0.2, -0.15) is 5.10 Å². The molecule has 1 N–H and O–H groups in total. The molecule has 0 bridgehead atoms. The van der Waals surface area contributed by atoms with Gasteiger partial charge in [0.15, 0.2) is 10.8 Å². The van der Waals surface area contributed by atoms with Gasteiger partial charge in [0.2, 0.25) is 0 Å². The van der Waals surface area contributed by atoms with Crippen molar-refractivity contribution in [2.75, 3.05) is 5.32 Å². The molecule has 3 aromatic rings. The number of aryl methyl sites for hydroxylation is 4. The first-order valence-corrected chi connectivity index (χ1v) is 7.45. The number of amides is 1. The van der Waals surface area contributed by atoms with Gasteiger partial charge in [-0.3, -0.25) is 14.8 Å². The third-order valence-electron chi connectivity index (χ3n) is 3.40. The molecule has 0 radical (unpaired) electrons. The van der Waals surface area contributed by atoms with E-state index in [2.05, 4.69) is 34.5 Å². The number of aromatic nitrogens is 3. The number of fused-ring (bicyclic) bond motifs is 1. The van der Waals surface area contributed by atoms with E-state index in [-0.39, 0.29) is 5.91 Å². The average molecular weight is 300 g/mol. The second-order valence-corrected chi connectivity index (χ2v) is 6.23. The summed E-state index contributed by atoms with van der Waals surface area (Å²) >= 11 is 1.48. The van der Waals surface area contributed by atoms with E-state index in [1.165, 1.54) is 16.9 Å². The molecule has 3 rings (SSSR count). The molecule has 6 heteroatoms. The predicted octanol–water partition coefficient (Wildman–Crippen LogP) is 3.21. The van der Waals surface area contributed by atoms with Gasteiger partial charge in [0.25, 0.3) is 5.91 Å². The largest absolute Gasteiger partial charge is 0.296 e. The molecule has 0 spiro atoms. The van der Waals surface area contributed by atoms with Crippen LogP contribution in [0.2, 0.25) is 0 Å². The maximum absolute atomic E-state index is 12.2. The Labute approximate surface area is 126 Å². The maximum atomic E-state index is 12.2. The van der Waals surface area contributed by atoms with Crippen LogP contribution in [0.3, 0.4) is 0 Å². The van der Waals surface area contributed by atoms with E-state index in [0.717, 1.165) is 21.5 Å². The van der Waals surface area contributed by atoms with Gasteiger partial charge in [-0.05, 0) is 44.0 Å². The minimum atomic E-state index is -0.230. The van der Waals surface area contributed by atoms with E-state index >= 15 is 0 Å². The van der Waals surface area contributed by atoms with Crippen LogP contribution in [0, 0.1) is 20.8 Å². The second kappa shape index (κ2) is 4.96. The summed E-state index contributed by atoms with van der Waals surface area (Å²) < 4.78 is 2.76. The molecule has 0 fully saturated rings. The van der Waals surface area contributed by atoms with Gasteiger partial charge < -0.3 is 0 Å². The molecule has 108 valence electrons. The molecule has 0 atom stereocenters. The normalized spacial score (nSPS) is 11.0. The van der Waals surface area contributed by atoms with Crippen molar-refractivity contribution in [1.29, 1.82) is 0 Å². The summed E-state index contributed by atoms with van der Waals surface area (Å²) in [4.78, 5) is 16.7. The Morgan fingerprint density at radius 3 is 2.67 bits per heavy atom. The van der Waals surface area contributed by atoms with Crippen LogP contribution in [0.5, 0.6) is 0 Å². The fraction of sp³-hybridized carbons (Fsp3) is 0.267. The van der Waals surface area contributed by atoms with Crippen LogP contribution in [0.4, 0.5) is 5.13 Å². The minimum absolute atomic E-state index is 0.230. The zero-order valence-corrected chi connectivity index (χ0v) is 13.2. The highest BCUT2D eigenvalue weighted by molar-refractivity contribution is 7.22. The van der Waals surface area contributed by atoms with Gasteiger partial charge in [0, 0.05) is 12.7 Å². The number of rotatable bonds is 2. The molecule has 0 saturated heterocycles. The monoisotopic (exact) mass is 300 g/mol. The van der Waals surface area contributed by atoms with Gasteiger partial charge >= 0.3 is 0 Å². The summed E-state index contributed by atoms with van der Waals surface area (Å²) in [7, 11) is 1.82. The number of carbonyl (C=O) groups is 1. The smallest absolute Gasteiger partial charge is 0.277 e. The number of nitrogens with one attached hydrogen (secondary N) is 1. The molecule has 0 saturated carbocycles. The Bertz CT molecular complexity index is 827. The van der Waals surface area contributed by atoms with Crippen molar-refractivity contribution in [3.8, 4) is 0 Å². The van der Waals surface area contributed by atoms with Crippen LogP contribution in [0.15, 0.2) is 18.2 Å². The zero-order valence-electron chi connectivity index (χ0n) is 12.4. The first-order valence-electron chi connectivity index (χ1n) is 6.64. The number of hydrogen-bond donors (Lipinski definition) is 1. The number of anilines is 1. The fourth-order valence-corrected chi connectivity index (χ4v) is 3.29. The van der Waals surface area contributed by atoms with E-state index in [1.807, 2.05) is 20.9 Å². The van der Waals surface area contributed by atoms with Gasteiger partial charge in [0.05, 0.1) is 10.2 Å². The van der Waals surface area contributed by atoms with Crippen LogP contribution in [0.25, 0.3) is 10.2 Å². The highest BCUT2D eigenvalue weighted by Crippen LogP contribution is 2.29. The number of nitrogens with zero attached hydrogens (tertiary/aromatic N) is 3. The fourth-order valence-electron chi connectivity index (χ4n) is 2.26. The van der Waals surface area contributed by atoms with E-state index < -0.39 is 0 Å². The molecule has 0 aliphatic heterocycles. The number of carbonyl (C=O) groups excluding carboxylic acids is 1. The highest BCUT2D eigenvalue weighted by Gasteiger charge is 2.14. The molecule has 1 aromatic carbocycles. The molecule has 5 nitrogen and oxygen atoms in total. The van der Waals surface area contributed by atoms with Crippen molar-refractivity contribution in [1.82, 2.24) is 14.8 Å². The Hall–Kier alpha value is -2.21. The lowest BCUT2D eigenvalue weighted by atomic mass is 10.1. The topological polar surface area (TPSA) is 59.8 Å². The van der Waals surface area contributed by atoms with E-state index in [0.29, 0.717) is 10.8 Å². The van der Waals surface area contributed by atoms with Crippen LogP contribution in [-0.2, 0) is 7.05 Å². The van der Waals surface area contributed by atoms with Gasteiger partial charge in [-0.25, -0.2) is 4.98 Å². The van der Waals surface area contributed by atoms with Crippen LogP contribution >= 0.6 is 11.3 Å². The van der Waals surface area contributed by atoms with E-state index in [9.17, 15) is 4.79 Å². The van der Waals surface area contributed by atoms with Crippen LogP contribution in [-0.4, -0.2) is 20.7 Å². The van der Waals surface area contributed by atoms with Crippen LogP contribution in [0.1, 0.15) is 27.3 Å². The lowest BCUT2D eigenvalue weighted by Gasteiger charge is -1.97. The minimum Gasteiger partial charge on any atom is -0.296 e. The van der Waals surface area contributed by atoms with Crippen molar-refractivity contribution in [3.63, 3.8) is 0 Å². The van der Waals surface area contributed by atoms with Crippen molar-refractivity contribution < 1.29 is 4.79 Å². The first kappa shape index (κ1) is 13.8. The van der Waals surface area contributed by atoms with Crippen LogP contribution < -0.4 is 5.32 Å². The van der Waals surface area contributed by atoms with Crippen molar-refractivity contribution >= 4 is 32.6 Å². The summed E-state index contributed by atoms with van der Waals surface area (Å²) in [6, 6.07) is 5.94. The quantitative estimate of drug-likeness (QED) is 0.790. The maximum Gasteiger partial charge on any atom is 0.277 e. The molecule has 21 heavy (non-hydrogen) atoms. The van der Waals surface area contributed by atoms with E-state index in [4.69, 9.17) is 0 Å². The SMILES string of the molecule is Cc1cc(C)c2nc(NC(=O)c3cc(C)n(C)n3)sc2c1. The van der Waals surface area contributed by atoms with Crippen molar-refractivity contribution in [3.05, 3.63) is 40.7 Å². The highest BCUT2D eigenvalue weighted by atomic mass is 32.1. The Morgan fingerprint density at radius 2 is 2.00 bits per heavy atom. The Morgan fingerprint density at radius 1 is 1.24 bits per heavy atom. The number of benzene rings is 1. The third kappa shape index (κ3) is 2.54. The molecule has 0 aliphatic carbocycles. The molecule has 0 unspecified atom stereocenters. The van der Waals surface area contributed by atoms with Crippen molar-refractivity contribution in [2.45, 2.75) is 20.8 Å². The molecule has 2 heterocycles. The predicted molar refractivity (Wildman–Crippen MR) is 85.0 cm³/mol. The second-order valence-electron chi connectivity index (χ2n) is 5.20. The molecule has 1 amide bonds. The number of thiazole rings is 1. The number of hydrogen-bond acceptors (Lipinski definition) is 4. The van der Waals surface area contributed by atoms with Gasteiger partial charge in [-0.1, -0.05) is 17.4 Å². The summed E-state index contributed by atoms with van der Waals surface area (Å²) in [6.07, 6.45) is 0. The summed E-state index contributed by atoms with van der Waals surface area (Å²) in [5, 5.41) is 7.60. The zero-order chi connectivity index (χ0) is 15.1. The Kier molecular flexibility index (Phi) is 3.25. The lowest BCUT2D eigenvalue weighted by Crippen LogP contribution is -2.12. The summed E-state index contributed by atoms with van der Waals surface area (Å²) in [6.45, 7) is 6.00. The van der Waals surface area contributed by atoms with E-state index in [1.54, 1.807) is 10.7 Å². The standard InChI is InChI=1S/C15H16N4OS/c1-8-5-9(2)13-12(6-8)21-15(16-13)17-14(20)11-7-10(3)19(4)18-11/h5-7H,1-4H3,(H,16,17,20). The van der Waals surface area contributed by atoms with Gasteiger partial charge in [0.1, 0.15) is 0 Å². The first-order chi connectivity index (χ1) is 9.94. The summed E-state index contributed by atoms with van der Waals surface area (Å²) in [5.41, 5.74) is 4.61. The van der Waals surface area contributed by atoms with Gasteiger partial charge in [-0.15, -0.1) is 0 Å². The molecule has 0 aliphatic rings. The van der Waals surface area contributed by atoms with Crippen molar-refractivity contribution in [2.24, 2.45) is 7.05 Å². The average Bonchev–Trinajstić information content (AvgIpc) is 2.94. The molecular formula is C15H16N4OS. The third-order valence-corrected chi connectivity index (χ3v) is 4.31. The summed E-state index contributed by atoms with van der Waals surface area (Å²) in [5.74, 6) is -0.230.